The van der Waals surface area contributed by atoms with Crippen LogP contribution < -0.4 is 5.73 Å². The first-order valence-corrected chi connectivity index (χ1v) is 6.57. The summed E-state index contributed by atoms with van der Waals surface area (Å²) < 4.78 is 5.76. The van der Waals surface area contributed by atoms with E-state index in [1.54, 1.807) is 13.8 Å². The molecule has 2 fully saturated rings. The van der Waals surface area contributed by atoms with Gasteiger partial charge in [-0.3, -0.25) is 4.79 Å². The number of esters is 1. The summed E-state index contributed by atoms with van der Waals surface area (Å²) in [6.45, 7) is 10.1. The van der Waals surface area contributed by atoms with E-state index in [0.29, 0.717) is 5.92 Å². The number of fused-ring (bicyclic) bond motifs is 2. The molecule has 3 nitrogen and oxygen atoms in total. The molecule has 2 rings (SSSR count). The Kier molecular flexibility index (Phi) is 2.63. The van der Waals surface area contributed by atoms with Crippen molar-refractivity contribution < 1.29 is 9.53 Å². The molecule has 0 heterocycles. The Morgan fingerprint density at radius 2 is 1.94 bits per heavy atom. The Hall–Kier alpha value is -0.570. The predicted molar refractivity (Wildman–Crippen MR) is 67.4 cm³/mol. The molecule has 3 atom stereocenters. The van der Waals surface area contributed by atoms with Gasteiger partial charge in [-0.2, -0.15) is 0 Å². The standard InChI is InChI=1S/C14H25NO2/c1-12(2)9-6-7-14(5,8-9)10(12)17-11(16)13(3,4)15/h9-10H,6-8,15H2,1-5H3. The van der Waals surface area contributed by atoms with Crippen molar-refractivity contribution in [2.75, 3.05) is 0 Å². The highest BCUT2D eigenvalue weighted by Crippen LogP contribution is 2.63. The smallest absolute Gasteiger partial charge is 0.325 e. The molecular formula is C14H25NO2. The summed E-state index contributed by atoms with van der Waals surface area (Å²) in [4.78, 5) is 12.0. The molecule has 3 heteroatoms. The lowest BCUT2D eigenvalue weighted by Gasteiger charge is -2.42. The second-order valence-corrected chi connectivity index (χ2v) is 7.42. The van der Waals surface area contributed by atoms with Gasteiger partial charge in [0, 0.05) is 10.8 Å². The van der Waals surface area contributed by atoms with Gasteiger partial charge in [0.15, 0.2) is 0 Å². The van der Waals surface area contributed by atoms with E-state index in [-0.39, 0.29) is 22.9 Å². The van der Waals surface area contributed by atoms with E-state index in [9.17, 15) is 4.79 Å². The first-order chi connectivity index (χ1) is 7.57. The average molecular weight is 239 g/mol. The highest BCUT2D eigenvalue weighted by molar-refractivity contribution is 5.79. The molecule has 3 unspecified atom stereocenters. The molecule has 17 heavy (non-hydrogen) atoms. The number of rotatable bonds is 2. The Morgan fingerprint density at radius 3 is 2.35 bits per heavy atom. The molecule has 2 N–H and O–H groups in total. The number of hydrogen-bond acceptors (Lipinski definition) is 3. The maximum atomic E-state index is 12.0. The van der Waals surface area contributed by atoms with Crippen LogP contribution in [0.15, 0.2) is 0 Å². The van der Waals surface area contributed by atoms with Crippen LogP contribution in [-0.2, 0) is 9.53 Å². The summed E-state index contributed by atoms with van der Waals surface area (Å²) in [7, 11) is 0. The van der Waals surface area contributed by atoms with Crippen LogP contribution in [0.5, 0.6) is 0 Å². The van der Waals surface area contributed by atoms with Gasteiger partial charge in [0.25, 0.3) is 0 Å². The first kappa shape index (κ1) is 12.9. The van der Waals surface area contributed by atoms with Gasteiger partial charge in [-0.25, -0.2) is 0 Å². The lowest BCUT2D eigenvalue weighted by atomic mass is 9.70. The molecule has 0 aromatic rings. The van der Waals surface area contributed by atoms with Crippen molar-refractivity contribution in [3.63, 3.8) is 0 Å². The third-order valence-electron chi connectivity index (χ3n) is 4.89. The summed E-state index contributed by atoms with van der Waals surface area (Å²) in [6, 6.07) is 0. The van der Waals surface area contributed by atoms with E-state index in [1.807, 2.05) is 0 Å². The lowest BCUT2D eigenvalue weighted by molar-refractivity contribution is -0.169. The fraction of sp³-hybridized carbons (Fsp3) is 0.929. The Balaban J connectivity index is 2.19. The fourth-order valence-electron chi connectivity index (χ4n) is 3.81. The average Bonchev–Trinajstić information content (AvgIpc) is 2.62. The summed E-state index contributed by atoms with van der Waals surface area (Å²) in [5.41, 5.74) is 5.17. The molecule has 98 valence electrons. The maximum Gasteiger partial charge on any atom is 0.325 e. The second-order valence-electron chi connectivity index (χ2n) is 7.42. The van der Waals surface area contributed by atoms with Gasteiger partial charge in [-0.15, -0.1) is 0 Å². The molecule has 0 saturated heterocycles. The minimum Gasteiger partial charge on any atom is -0.460 e. The molecule has 0 aromatic carbocycles. The van der Waals surface area contributed by atoms with E-state index in [4.69, 9.17) is 10.5 Å². The summed E-state index contributed by atoms with van der Waals surface area (Å²) >= 11 is 0. The van der Waals surface area contributed by atoms with Crippen molar-refractivity contribution in [3.8, 4) is 0 Å². The molecule has 2 aliphatic rings. The molecule has 0 spiro atoms. The quantitative estimate of drug-likeness (QED) is 0.753. The van der Waals surface area contributed by atoms with Crippen LogP contribution in [0.2, 0.25) is 0 Å². The van der Waals surface area contributed by atoms with E-state index in [1.165, 1.54) is 19.3 Å². The minimum atomic E-state index is -0.895. The van der Waals surface area contributed by atoms with Crippen LogP contribution >= 0.6 is 0 Å². The van der Waals surface area contributed by atoms with E-state index in [0.717, 1.165) is 0 Å². The number of carbonyl (C=O) groups is 1. The van der Waals surface area contributed by atoms with Crippen LogP contribution in [0, 0.1) is 16.7 Å². The van der Waals surface area contributed by atoms with Crippen LogP contribution in [0.3, 0.4) is 0 Å². The largest absolute Gasteiger partial charge is 0.460 e. The Bertz CT molecular complexity index is 338. The third-order valence-corrected chi connectivity index (χ3v) is 4.89. The van der Waals surface area contributed by atoms with Crippen molar-refractivity contribution >= 4 is 5.97 Å². The fourth-order valence-corrected chi connectivity index (χ4v) is 3.81. The van der Waals surface area contributed by atoms with Crippen molar-refractivity contribution in [3.05, 3.63) is 0 Å². The summed E-state index contributed by atoms with van der Waals surface area (Å²) in [5, 5.41) is 0. The SMILES string of the molecule is CC(C)(N)C(=O)OC1C2(C)CCC(C2)C1(C)C. The number of ether oxygens (including phenoxy) is 1. The molecule has 0 radical (unpaired) electrons. The third kappa shape index (κ3) is 1.88. The normalized spacial score (nSPS) is 39.4. The zero-order valence-corrected chi connectivity index (χ0v) is 11.7. The van der Waals surface area contributed by atoms with Crippen LogP contribution in [0.25, 0.3) is 0 Å². The van der Waals surface area contributed by atoms with Crippen molar-refractivity contribution in [2.24, 2.45) is 22.5 Å². The zero-order chi connectivity index (χ0) is 13.1. The van der Waals surface area contributed by atoms with E-state index in [2.05, 4.69) is 20.8 Å². The topological polar surface area (TPSA) is 52.3 Å². The molecule has 2 bridgehead atoms. The monoisotopic (exact) mass is 239 g/mol. The minimum absolute atomic E-state index is 0.0177. The molecule has 0 aromatic heterocycles. The molecular weight excluding hydrogens is 214 g/mol. The van der Waals surface area contributed by atoms with E-state index < -0.39 is 5.54 Å². The highest BCUT2D eigenvalue weighted by atomic mass is 16.5. The second kappa shape index (κ2) is 3.47. The Morgan fingerprint density at radius 1 is 1.35 bits per heavy atom. The van der Waals surface area contributed by atoms with Crippen LogP contribution in [0.4, 0.5) is 0 Å². The van der Waals surface area contributed by atoms with Gasteiger partial charge < -0.3 is 10.5 Å². The molecule has 0 amide bonds. The zero-order valence-electron chi connectivity index (χ0n) is 11.7. The van der Waals surface area contributed by atoms with Gasteiger partial charge >= 0.3 is 5.97 Å². The first-order valence-electron chi connectivity index (χ1n) is 6.57. The predicted octanol–water partition coefficient (Wildman–Crippen LogP) is 2.48. The Labute approximate surface area is 104 Å². The van der Waals surface area contributed by atoms with Gasteiger partial charge in [0.2, 0.25) is 0 Å². The number of nitrogens with two attached hydrogens (primary N) is 1. The van der Waals surface area contributed by atoms with Crippen LogP contribution in [-0.4, -0.2) is 17.6 Å². The summed E-state index contributed by atoms with van der Waals surface area (Å²) in [6.07, 6.45) is 3.64. The molecule has 0 aliphatic heterocycles. The summed E-state index contributed by atoms with van der Waals surface area (Å²) in [5.74, 6) is 0.413. The van der Waals surface area contributed by atoms with Crippen molar-refractivity contribution in [1.29, 1.82) is 0 Å². The van der Waals surface area contributed by atoms with Gasteiger partial charge in [0.05, 0.1) is 0 Å². The molecule has 2 saturated carbocycles. The van der Waals surface area contributed by atoms with Gasteiger partial charge in [0.1, 0.15) is 11.6 Å². The van der Waals surface area contributed by atoms with Crippen molar-refractivity contribution in [1.82, 2.24) is 0 Å². The van der Waals surface area contributed by atoms with Crippen LogP contribution in [0.1, 0.15) is 53.9 Å². The number of hydrogen-bond donors (Lipinski definition) is 1. The van der Waals surface area contributed by atoms with Gasteiger partial charge in [-0.1, -0.05) is 20.8 Å². The highest BCUT2D eigenvalue weighted by Gasteiger charge is 2.61. The lowest BCUT2D eigenvalue weighted by Crippen LogP contribution is -2.50. The van der Waals surface area contributed by atoms with Crippen molar-refractivity contribution in [2.45, 2.75) is 65.5 Å². The maximum absolute atomic E-state index is 12.0. The van der Waals surface area contributed by atoms with E-state index >= 15 is 0 Å². The number of carbonyl (C=O) groups excluding carboxylic acids is 1. The van der Waals surface area contributed by atoms with Gasteiger partial charge in [-0.05, 0) is 39.0 Å². The molecule has 2 aliphatic carbocycles.